The third kappa shape index (κ3) is 2.73. The Balaban J connectivity index is 1.62. The van der Waals surface area contributed by atoms with Gasteiger partial charge in [0.05, 0.1) is 19.8 Å². The van der Waals surface area contributed by atoms with Gasteiger partial charge in [0.2, 0.25) is 0 Å². The van der Waals surface area contributed by atoms with Gasteiger partial charge in [-0.05, 0) is 23.3 Å². The summed E-state index contributed by atoms with van der Waals surface area (Å²) < 4.78 is 5.41. The van der Waals surface area contributed by atoms with Gasteiger partial charge >= 0.3 is 0 Å². The first-order valence-corrected chi connectivity index (χ1v) is 6.53. The second kappa shape index (κ2) is 5.53. The molecule has 1 aromatic carbocycles. The molecule has 94 valence electrons. The summed E-state index contributed by atoms with van der Waals surface area (Å²) in [4.78, 5) is 2.39. The highest BCUT2D eigenvalue weighted by Gasteiger charge is 2.10. The molecule has 1 N–H and O–H groups in total. The van der Waals surface area contributed by atoms with E-state index in [1.54, 1.807) is 0 Å². The molecule has 2 heterocycles. The number of rotatable bonds is 1. The van der Waals surface area contributed by atoms with E-state index in [-0.39, 0.29) is 0 Å². The van der Waals surface area contributed by atoms with Gasteiger partial charge < -0.3 is 10.1 Å². The molecule has 0 aliphatic carbocycles. The number of fused-ring (bicyclic) bond motifs is 1. The molecule has 3 heteroatoms. The molecule has 0 amide bonds. The van der Waals surface area contributed by atoms with Crippen molar-refractivity contribution in [2.75, 3.05) is 32.7 Å². The summed E-state index contributed by atoms with van der Waals surface area (Å²) in [5, 5.41) is 3.35. The van der Waals surface area contributed by atoms with E-state index in [1.165, 1.54) is 11.1 Å². The first kappa shape index (κ1) is 11.7. The molecule has 0 spiro atoms. The summed E-state index contributed by atoms with van der Waals surface area (Å²) in [6.45, 7) is 6.73. The zero-order chi connectivity index (χ0) is 12.2. The Morgan fingerprint density at radius 1 is 1.17 bits per heavy atom. The summed E-state index contributed by atoms with van der Waals surface area (Å²) in [5.41, 5.74) is 3.71. The first-order valence-electron chi connectivity index (χ1n) is 6.53. The minimum Gasteiger partial charge on any atom is -0.372 e. The monoisotopic (exact) mass is 242 g/mol. The molecule has 3 nitrogen and oxygen atoms in total. The molecule has 2 aliphatic rings. The fraction of sp³-hybridized carbons (Fsp3) is 0.467. The number of ether oxygens (including phenoxy) is 1. The number of piperazine rings is 1. The van der Waals surface area contributed by atoms with E-state index in [2.05, 4.69) is 40.3 Å². The van der Waals surface area contributed by atoms with Crippen molar-refractivity contribution in [3.63, 3.8) is 0 Å². The van der Waals surface area contributed by atoms with Crippen LogP contribution in [-0.2, 0) is 18.0 Å². The lowest BCUT2D eigenvalue weighted by Gasteiger charge is -2.24. The quantitative estimate of drug-likeness (QED) is 0.743. The second-order valence-corrected chi connectivity index (χ2v) is 4.80. The average Bonchev–Trinajstić information content (AvgIpc) is 2.87. The first-order chi connectivity index (χ1) is 8.92. The van der Waals surface area contributed by atoms with E-state index in [0.29, 0.717) is 0 Å². The molecule has 0 radical (unpaired) electrons. The summed E-state index contributed by atoms with van der Waals surface area (Å²) >= 11 is 0. The van der Waals surface area contributed by atoms with E-state index in [0.717, 1.165) is 51.5 Å². The largest absolute Gasteiger partial charge is 0.372 e. The zero-order valence-corrected chi connectivity index (χ0v) is 10.5. The highest BCUT2D eigenvalue weighted by Crippen LogP contribution is 2.20. The fourth-order valence-corrected chi connectivity index (χ4v) is 2.37. The van der Waals surface area contributed by atoms with Crippen LogP contribution in [0.25, 0.3) is 0 Å². The van der Waals surface area contributed by atoms with Crippen molar-refractivity contribution in [3.05, 3.63) is 34.9 Å². The van der Waals surface area contributed by atoms with Crippen molar-refractivity contribution >= 4 is 0 Å². The van der Waals surface area contributed by atoms with E-state index in [4.69, 9.17) is 4.74 Å². The molecule has 0 saturated carbocycles. The predicted molar refractivity (Wildman–Crippen MR) is 71.1 cm³/mol. The molecule has 18 heavy (non-hydrogen) atoms. The molecule has 1 fully saturated rings. The lowest BCUT2D eigenvalue weighted by molar-refractivity contribution is 0.134. The maximum atomic E-state index is 5.41. The Hall–Kier alpha value is -1.34. The van der Waals surface area contributed by atoms with Gasteiger partial charge in [-0.2, -0.15) is 0 Å². The van der Waals surface area contributed by atoms with Crippen LogP contribution in [0.1, 0.15) is 16.7 Å². The molecule has 0 atom stereocenters. The second-order valence-electron chi connectivity index (χ2n) is 4.80. The minimum atomic E-state index is 0.739. The number of nitrogens with zero attached hydrogens (tertiary/aromatic N) is 1. The number of nitrogens with one attached hydrogen (secondary N) is 1. The predicted octanol–water partition coefficient (Wildman–Crippen LogP) is 0.974. The maximum absolute atomic E-state index is 5.41. The van der Waals surface area contributed by atoms with Gasteiger partial charge in [0.1, 0.15) is 0 Å². The lowest BCUT2D eigenvalue weighted by Crippen LogP contribution is -2.43. The van der Waals surface area contributed by atoms with Gasteiger partial charge in [-0.3, -0.25) is 4.90 Å². The van der Waals surface area contributed by atoms with Gasteiger partial charge in [0, 0.05) is 31.7 Å². The van der Waals surface area contributed by atoms with Crippen LogP contribution in [0.3, 0.4) is 0 Å². The Bertz CT molecular complexity index is 481. The molecule has 0 unspecified atom stereocenters. The fourth-order valence-electron chi connectivity index (χ4n) is 2.37. The lowest BCUT2D eigenvalue weighted by atomic mass is 10.1. The van der Waals surface area contributed by atoms with Crippen molar-refractivity contribution in [2.24, 2.45) is 0 Å². The Kier molecular flexibility index (Phi) is 3.61. The highest BCUT2D eigenvalue weighted by atomic mass is 16.5. The molecule has 3 rings (SSSR count). The van der Waals surface area contributed by atoms with Gasteiger partial charge in [0.15, 0.2) is 0 Å². The Labute approximate surface area is 108 Å². The zero-order valence-electron chi connectivity index (χ0n) is 10.5. The summed E-state index contributed by atoms with van der Waals surface area (Å²) in [7, 11) is 0. The van der Waals surface area contributed by atoms with E-state index in [9.17, 15) is 0 Å². The van der Waals surface area contributed by atoms with Crippen LogP contribution < -0.4 is 5.32 Å². The van der Waals surface area contributed by atoms with Crippen molar-refractivity contribution in [3.8, 4) is 11.8 Å². The van der Waals surface area contributed by atoms with Gasteiger partial charge in [-0.25, -0.2) is 0 Å². The number of hydrogen-bond donors (Lipinski definition) is 1. The van der Waals surface area contributed by atoms with Crippen molar-refractivity contribution < 1.29 is 4.74 Å². The Morgan fingerprint density at radius 2 is 2.00 bits per heavy atom. The Morgan fingerprint density at radius 3 is 2.89 bits per heavy atom. The molecule has 2 aliphatic heterocycles. The molecular formula is C15H18N2O. The van der Waals surface area contributed by atoms with Gasteiger partial charge in [0.25, 0.3) is 0 Å². The molecule has 0 aromatic heterocycles. The van der Waals surface area contributed by atoms with Crippen LogP contribution in [0, 0.1) is 11.8 Å². The molecule has 1 aromatic rings. The van der Waals surface area contributed by atoms with Crippen LogP contribution in [0.2, 0.25) is 0 Å². The van der Waals surface area contributed by atoms with E-state index < -0.39 is 0 Å². The van der Waals surface area contributed by atoms with Crippen LogP contribution in [-0.4, -0.2) is 37.6 Å². The minimum absolute atomic E-state index is 0.739. The normalized spacial score (nSPS) is 19.1. The molecule has 1 saturated heterocycles. The SMILES string of the molecule is C(#Cc1ccc2c(c1)COC2)CN1CCNCC1. The van der Waals surface area contributed by atoms with Crippen molar-refractivity contribution in [1.29, 1.82) is 0 Å². The third-order valence-corrected chi connectivity index (χ3v) is 3.47. The standard InChI is InChI=1S/C15H18N2O/c1(7-17-8-5-16-6-9-17)2-13-3-4-14-11-18-12-15(14)10-13/h3-4,10,16H,5-9,11-12H2. The summed E-state index contributed by atoms with van der Waals surface area (Å²) in [6.07, 6.45) is 0. The smallest absolute Gasteiger partial charge is 0.0725 e. The summed E-state index contributed by atoms with van der Waals surface area (Å²) in [5.74, 6) is 6.52. The highest BCUT2D eigenvalue weighted by molar-refractivity contribution is 5.41. The molecule has 0 bridgehead atoms. The van der Waals surface area contributed by atoms with E-state index in [1.807, 2.05) is 0 Å². The van der Waals surface area contributed by atoms with Crippen LogP contribution in [0.5, 0.6) is 0 Å². The average molecular weight is 242 g/mol. The molecular weight excluding hydrogens is 224 g/mol. The third-order valence-electron chi connectivity index (χ3n) is 3.47. The van der Waals surface area contributed by atoms with Crippen LogP contribution >= 0.6 is 0 Å². The maximum Gasteiger partial charge on any atom is 0.0725 e. The number of hydrogen-bond acceptors (Lipinski definition) is 3. The summed E-state index contributed by atoms with van der Waals surface area (Å²) in [6, 6.07) is 6.39. The van der Waals surface area contributed by atoms with E-state index >= 15 is 0 Å². The number of benzene rings is 1. The van der Waals surface area contributed by atoms with Crippen LogP contribution in [0.4, 0.5) is 0 Å². The van der Waals surface area contributed by atoms with Gasteiger partial charge in [-0.1, -0.05) is 17.9 Å². The van der Waals surface area contributed by atoms with Gasteiger partial charge in [-0.15, -0.1) is 0 Å². The van der Waals surface area contributed by atoms with Crippen molar-refractivity contribution in [2.45, 2.75) is 13.2 Å². The van der Waals surface area contributed by atoms with Crippen molar-refractivity contribution in [1.82, 2.24) is 10.2 Å². The van der Waals surface area contributed by atoms with Crippen LogP contribution in [0.15, 0.2) is 18.2 Å². The topological polar surface area (TPSA) is 24.5 Å².